The Balaban J connectivity index is 2.32. The summed E-state index contributed by atoms with van der Waals surface area (Å²) in [6.45, 7) is 0.745. The monoisotopic (exact) mass is 235 g/mol. The molecule has 2 heterocycles. The summed E-state index contributed by atoms with van der Waals surface area (Å²) >= 11 is 0. The third kappa shape index (κ3) is 2.25. The van der Waals surface area contributed by atoms with Crippen LogP contribution in [0.2, 0.25) is 0 Å². The van der Waals surface area contributed by atoms with Crippen LogP contribution in [-0.4, -0.2) is 23.5 Å². The topological polar surface area (TPSA) is 111 Å². The molecule has 1 amide bonds. The van der Waals surface area contributed by atoms with Crippen LogP contribution in [0.1, 0.15) is 19.3 Å². The lowest BCUT2D eigenvalue weighted by Crippen LogP contribution is -2.48. The van der Waals surface area contributed by atoms with Crippen LogP contribution in [0.4, 0.5) is 17.2 Å². The van der Waals surface area contributed by atoms with Crippen molar-refractivity contribution in [2.24, 2.45) is 5.73 Å². The van der Waals surface area contributed by atoms with Gasteiger partial charge in [0.25, 0.3) is 0 Å². The van der Waals surface area contributed by atoms with Gasteiger partial charge >= 0.3 is 0 Å². The Morgan fingerprint density at radius 1 is 1.41 bits per heavy atom. The number of piperidine rings is 1. The van der Waals surface area contributed by atoms with Gasteiger partial charge in [-0.2, -0.15) is 0 Å². The number of carbonyl (C=O) groups excluding carboxylic acids is 1. The molecule has 0 bridgehead atoms. The van der Waals surface area contributed by atoms with E-state index < -0.39 is 0 Å². The van der Waals surface area contributed by atoms with E-state index in [0.717, 1.165) is 25.8 Å². The highest BCUT2D eigenvalue weighted by Crippen LogP contribution is 2.28. The van der Waals surface area contributed by atoms with E-state index in [4.69, 9.17) is 17.2 Å². The summed E-state index contributed by atoms with van der Waals surface area (Å²) in [5.41, 5.74) is 17.9. The first-order chi connectivity index (χ1) is 8.09. The Labute approximate surface area is 99.8 Å². The third-order valence-corrected chi connectivity index (χ3v) is 3.02. The molecule has 0 spiro atoms. The van der Waals surface area contributed by atoms with Gasteiger partial charge in [0, 0.05) is 6.54 Å². The first-order valence-electron chi connectivity index (χ1n) is 5.66. The van der Waals surface area contributed by atoms with Crippen LogP contribution in [0.25, 0.3) is 0 Å². The number of hydrogen-bond acceptors (Lipinski definition) is 5. The molecule has 1 saturated heterocycles. The zero-order valence-corrected chi connectivity index (χ0v) is 9.60. The number of anilines is 3. The second-order valence-corrected chi connectivity index (χ2v) is 4.29. The minimum atomic E-state index is -0.331. The molecule has 17 heavy (non-hydrogen) atoms. The smallest absolute Gasteiger partial charge is 0.240 e. The molecule has 0 radical (unpaired) electrons. The van der Waals surface area contributed by atoms with Gasteiger partial charge in [-0.1, -0.05) is 0 Å². The second kappa shape index (κ2) is 4.48. The first-order valence-corrected chi connectivity index (χ1v) is 5.66. The van der Waals surface area contributed by atoms with Crippen molar-refractivity contribution in [3.05, 3.63) is 12.3 Å². The summed E-state index contributed by atoms with van der Waals surface area (Å²) in [5, 5.41) is 0. The van der Waals surface area contributed by atoms with Gasteiger partial charge in [0.05, 0.1) is 17.6 Å². The molecule has 1 fully saturated rings. The zero-order chi connectivity index (χ0) is 12.4. The van der Waals surface area contributed by atoms with Gasteiger partial charge in [-0.3, -0.25) is 4.79 Å². The summed E-state index contributed by atoms with van der Waals surface area (Å²) in [5.74, 6) is 0.269. The average Bonchev–Trinajstić information content (AvgIpc) is 2.29. The summed E-state index contributed by atoms with van der Waals surface area (Å²) in [6.07, 6.45) is 4.30. The SMILES string of the molecule is NC(=O)C1CCCCN1c1ncc(N)cc1N. The van der Waals surface area contributed by atoms with E-state index in [1.807, 2.05) is 4.90 Å². The molecular weight excluding hydrogens is 218 g/mol. The van der Waals surface area contributed by atoms with Gasteiger partial charge in [-0.25, -0.2) is 4.98 Å². The fraction of sp³-hybridized carbons (Fsp3) is 0.455. The third-order valence-electron chi connectivity index (χ3n) is 3.02. The summed E-state index contributed by atoms with van der Waals surface area (Å²) in [7, 11) is 0. The largest absolute Gasteiger partial charge is 0.397 e. The standard InChI is InChI=1S/C11H17N5O/c12-7-5-8(13)11(15-6-7)16-4-2-1-3-9(16)10(14)17/h5-6,9H,1-4,12-13H2,(H2,14,17). The number of nitrogens with two attached hydrogens (primary N) is 3. The van der Waals surface area contributed by atoms with Crippen molar-refractivity contribution in [2.75, 3.05) is 22.9 Å². The molecule has 2 rings (SSSR count). The van der Waals surface area contributed by atoms with Crippen molar-refractivity contribution in [3.8, 4) is 0 Å². The van der Waals surface area contributed by atoms with Gasteiger partial charge in [0.2, 0.25) is 5.91 Å². The van der Waals surface area contributed by atoms with E-state index in [9.17, 15) is 4.79 Å². The van der Waals surface area contributed by atoms with Crippen LogP contribution in [0.15, 0.2) is 12.3 Å². The summed E-state index contributed by atoms with van der Waals surface area (Å²) < 4.78 is 0. The van der Waals surface area contributed by atoms with Crippen LogP contribution in [0.5, 0.6) is 0 Å². The van der Waals surface area contributed by atoms with E-state index >= 15 is 0 Å². The van der Waals surface area contributed by atoms with E-state index in [1.54, 1.807) is 12.3 Å². The highest BCUT2D eigenvalue weighted by atomic mass is 16.1. The van der Waals surface area contributed by atoms with Crippen molar-refractivity contribution in [1.82, 2.24) is 4.98 Å². The number of pyridine rings is 1. The maximum Gasteiger partial charge on any atom is 0.240 e. The molecule has 1 aromatic rings. The molecule has 1 aliphatic rings. The molecule has 0 aromatic carbocycles. The van der Waals surface area contributed by atoms with Crippen LogP contribution in [0, 0.1) is 0 Å². The highest BCUT2D eigenvalue weighted by Gasteiger charge is 2.28. The average molecular weight is 235 g/mol. The molecule has 0 aliphatic carbocycles. The van der Waals surface area contributed by atoms with E-state index in [2.05, 4.69) is 4.98 Å². The van der Waals surface area contributed by atoms with Gasteiger partial charge in [-0.05, 0) is 25.3 Å². The van der Waals surface area contributed by atoms with Crippen LogP contribution in [0.3, 0.4) is 0 Å². The molecular formula is C11H17N5O. The number of aromatic nitrogens is 1. The van der Waals surface area contributed by atoms with E-state index in [1.165, 1.54) is 0 Å². The Kier molecular flexibility index (Phi) is 3.03. The molecule has 1 aliphatic heterocycles. The minimum Gasteiger partial charge on any atom is -0.397 e. The molecule has 1 atom stereocenters. The molecule has 1 unspecified atom stereocenters. The van der Waals surface area contributed by atoms with Gasteiger partial charge < -0.3 is 22.1 Å². The number of nitrogens with zero attached hydrogens (tertiary/aromatic N) is 2. The van der Waals surface area contributed by atoms with Crippen molar-refractivity contribution >= 4 is 23.1 Å². The minimum absolute atomic E-state index is 0.317. The molecule has 1 aromatic heterocycles. The molecule has 6 heteroatoms. The highest BCUT2D eigenvalue weighted by molar-refractivity contribution is 5.85. The molecule has 92 valence electrons. The van der Waals surface area contributed by atoms with Crippen LogP contribution < -0.4 is 22.1 Å². The number of hydrogen-bond donors (Lipinski definition) is 3. The Morgan fingerprint density at radius 2 is 2.18 bits per heavy atom. The lowest BCUT2D eigenvalue weighted by atomic mass is 10.0. The number of nitrogen functional groups attached to an aromatic ring is 2. The number of carbonyl (C=O) groups is 1. The van der Waals surface area contributed by atoms with Crippen LogP contribution in [-0.2, 0) is 4.79 Å². The zero-order valence-electron chi connectivity index (χ0n) is 9.60. The van der Waals surface area contributed by atoms with Crippen molar-refractivity contribution in [3.63, 3.8) is 0 Å². The van der Waals surface area contributed by atoms with Gasteiger partial charge in [0.1, 0.15) is 6.04 Å². The fourth-order valence-electron chi connectivity index (χ4n) is 2.21. The number of rotatable bonds is 2. The first kappa shape index (κ1) is 11.5. The predicted molar refractivity (Wildman–Crippen MR) is 67.2 cm³/mol. The quantitative estimate of drug-likeness (QED) is 0.672. The van der Waals surface area contributed by atoms with Gasteiger partial charge in [-0.15, -0.1) is 0 Å². The molecule has 0 saturated carbocycles. The Bertz CT molecular complexity index is 434. The predicted octanol–water partition coefficient (Wildman–Crippen LogP) is 0.0902. The normalized spacial score (nSPS) is 20.2. The van der Waals surface area contributed by atoms with Crippen molar-refractivity contribution in [1.29, 1.82) is 0 Å². The summed E-state index contributed by atoms with van der Waals surface area (Å²) in [4.78, 5) is 17.5. The van der Waals surface area contributed by atoms with Crippen molar-refractivity contribution in [2.45, 2.75) is 25.3 Å². The van der Waals surface area contributed by atoms with Crippen LogP contribution >= 0.6 is 0 Å². The maximum absolute atomic E-state index is 11.4. The molecule has 6 nitrogen and oxygen atoms in total. The van der Waals surface area contributed by atoms with E-state index in [-0.39, 0.29) is 11.9 Å². The summed E-state index contributed by atoms with van der Waals surface area (Å²) in [6, 6.07) is 1.33. The Hall–Kier alpha value is -1.98. The van der Waals surface area contributed by atoms with E-state index in [0.29, 0.717) is 17.2 Å². The number of primary amides is 1. The maximum atomic E-state index is 11.4. The fourth-order valence-corrected chi connectivity index (χ4v) is 2.21. The second-order valence-electron chi connectivity index (χ2n) is 4.29. The number of amides is 1. The van der Waals surface area contributed by atoms with Crippen molar-refractivity contribution < 1.29 is 4.79 Å². The lowest BCUT2D eigenvalue weighted by Gasteiger charge is -2.35. The Morgan fingerprint density at radius 3 is 2.82 bits per heavy atom. The van der Waals surface area contributed by atoms with Gasteiger partial charge in [0.15, 0.2) is 5.82 Å². The molecule has 6 N–H and O–H groups in total. The lowest BCUT2D eigenvalue weighted by molar-refractivity contribution is -0.119.